The number of hydrogen-bond acceptors (Lipinski definition) is 4. The van der Waals surface area contributed by atoms with Crippen molar-refractivity contribution in [3.05, 3.63) is 47.3 Å². The van der Waals surface area contributed by atoms with Crippen molar-refractivity contribution in [1.82, 2.24) is 14.8 Å². The molecule has 2 rings (SSSR count). The lowest BCUT2D eigenvalue weighted by Crippen LogP contribution is -2.10. The first-order valence-corrected chi connectivity index (χ1v) is 5.34. The Morgan fingerprint density at radius 1 is 1.56 bits per heavy atom. The molecule has 0 saturated carbocycles. The first-order valence-electron chi connectivity index (χ1n) is 5.34. The Morgan fingerprint density at radius 3 is 2.94 bits per heavy atom. The zero-order valence-electron chi connectivity index (χ0n) is 9.71. The van der Waals surface area contributed by atoms with Gasteiger partial charge in [0.15, 0.2) is 0 Å². The molecule has 0 aliphatic rings. The van der Waals surface area contributed by atoms with E-state index in [1.54, 1.807) is 13.0 Å². The van der Waals surface area contributed by atoms with Crippen LogP contribution in [0.3, 0.4) is 0 Å². The molecule has 6 heteroatoms. The summed E-state index contributed by atoms with van der Waals surface area (Å²) in [5.74, 6) is -0.283. The van der Waals surface area contributed by atoms with Gasteiger partial charge < -0.3 is 5.11 Å². The summed E-state index contributed by atoms with van der Waals surface area (Å²) in [6.45, 7) is 1.89. The van der Waals surface area contributed by atoms with E-state index in [2.05, 4.69) is 10.1 Å². The van der Waals surface area contributed by atoms with Gasteiger partial charge in [0.05, 0.1) is 12.6 Å². The quantitative estimate of drug-likeness (QED) is 0.886. The van der Waals surface area contributed by atoms with E-state index >= 15 is 0 Å². The van der Waals surface area contributed by atoms with Gasteiger partial charge >= 0.3 is 0 Å². The van der Waals surface area contributed by atoms with Crippen molar-refractivity contribution in [1.29, 1.82) is 5.26 Å². The number of benzene rings is 1. The van der Waals surface area contributed by atoms with Crippen molar-refractivity contribution in [3.8, 4) is 6.07 Å². The molecule has 18 heavy (non-hydrogen) atoms. The Labute approximate surface area is 103 Å². The van der Waals surface area contributed by atoms with Gasteiger partial charge in [-0.3, -0.25) is 0 Å². The minimum atomic E-state index is -0.821. The van der Waals surface area contributed by atoms with Crippen LogP contribution in [0.1, 0.15) is 23.1 Å². The third kappa shape index (κ3) is 2.52. The van der Waals surface area contributed by atoms with E-state index in [1.165, 1.54) is 29.2 Å². The minimum absolute atomic E-state index is 0.0537. The first-order chi connectivity index (χ1) is 8.60. The fourth-order valence-corrected chi connectivity index (χ4v) is 1.72. The summed E-state index contributed by atoms with van der Waals surface area (Å²) in [5.41, 5.74) is 1.30. The summed E-state index contributed by atoms with van der Waals surface area (Å²) in [6.07, 6.45) is 0.555. The van der Waals surface area contributed by atoms with Crippen LogP contribution in [0, 0.1) is 24.1 Å². The highest BCUT2D eigenvalue weighted by Gasteiger charge is 2.12. The van der Waals surface area contributed by atoms with Crippen LogP contribution in [-0.2, 0) is 6.54 Å². The van der Waals surface area contributed by atoms with Crippen molar-refractivity contribution in [2.24, 2.45) is 0 Å². The average Bonchev–Trinajstić information content (AvgIpc) is 2.76. The Kier molecular flexibility index (Phi) is 3.35. The highest BCUT2D eigenvalue weighted by Crippen LogP contribution is 2.19. The second kappa shape index (κ2) is 4.94. The van der Waals surface area contributed by atoms with Crippen molar-refractivity contribution in [2.45, 2.75) is 19.6 Å². The lowest BCUT2D eigenvalue weighted by Gasteiger charge is -2.13. The summed E-state index contributed by atoms with van der Waals surface area (Å²) in [5, 5.41) is 22.5. The van der Waals surface area contributed by atoms with E-state index in [0.717, 1.165) is 0 Å². The Bertz CT molecular complexity index is 602. The number of aliphatic hydroxyl groups excluding tert-OH is 1. The molecule has 92 valence electrons. The van der Waals surface area contributed by atoms with Gasteiger partial charge in [0.25, 0.3) is 5.82 Å². The SMILES string of the molecule is Cc1cc(F)ccc1C(O)Cn1cnc(C#N)n1. The molecule has 0 fully saturated rings. The number of aromatic nitrogens is 3. The predicted molar refractivity (Wildman–Crippen MR) is 60.8 cm³/mol. The molecule has 2 aromatic rings. The van der Waals surface area contributed by atoms with Crippen molar-refractivity contribution in [3.63, 3.8) is 0 Å². The van der Waals surface area contributed by atoms with E-state index in [4.69, 9.17) is 5.26 Å². The molecule has 0 spiro atoms. The van der Waals surface area contributed by atoms with Crippen LogP contribution in [-0.4, -0.2) is 19.9 Å². The van der Waals surface area contributed by atoms with Gasteiger partial charge in [-0.15, -0.1) is 5.10 Å². The maximum atomic E-state index is 12.9. The third-order valence-corrected chi connectivity index (χ3v) is 2.59. The Hall–Kier alpha value is -2.26. The minimum Gasteiger partial charge on any atom is -0.386 e. The topological polar surface area (TPSA) is 74.7 Å². The molecule has 0 aliphatic carbocycles. The second-order valence-corrected chi connectivity index (χ2v) is 3.92. The van der Waals surface area contributed by atoms with Crippen LogP contribution < -0.4 is 0 Å². The molecule has 1 N–H and O–H groups in total. The third-order valence-electron chi connectivity index (χ3n) is 2.59. The zero-order valence-corrected chi connectivity index (χ0v) is 9.71. The molecule has 0 radical (unpaired) electrons. The number of nitrogens with zero attached hydrogens (tertiary/aromatic N) is 4. The van der Waals surface area contributed by atoms with Crippen LogP contribution in [0.2, 0.25) is 0 Å². The summed E-state index contributed by atoms with van der Waals surface area (Å²) in [4.78, 5) is 3.74. The number of hydrogen-bond donors (Lipinski definition) is 1. The van der Waals surface area contributed by atoms with Crippen molar-refractivity contribution < 1.29 is 9.50 Å². The largest absolute Gasteiger partial charge is 0.386 e. The number of halogens is 1. The number of rotatable bonds is 3. The summed E-state index contributed by atoms with van der Waals surface area (Å²) < 4.78 is 14.3. The Balaban J connectivity index is 2.16. The molecule has 0 amide bonds. The monoisotopic (exact) mass is 246 g/mol. The molecule has 1 aromatic heterocycles. The van der Waals surface area contributed by atoms with E-state index < -0.39 is 6.10 Å². The highest BCUT2D eigenvalue weighted by molar-refractivity contribution is 5.28. The van der Waals surface area contributed by atoms with Gasteiger partial charge in [-0.05, 0) is 30.2 Å². The molecule has 0 saturated heterocycles. The van der Waals surface area contributed by atoms with E-state index in [1.807, 2.05) is 0 Å². The van der Waals surface area contributed by atoms with Gasteiger partial charge in [-0.25, -0.2) is 14.1 Å². The maximum Gasteiger partial charge on any atom is 0.252 e. The van der Waals surface area contributed by atoms with Crippen LogP contribution in [0.5, 0.6) is 0 Å². The van der Waals surface area contributed by atoms with Gasteiger partial charge in [-0.2, -0.15) is 5.26 Å². The fourth-order valence-electron chi connectivity index (χ4n) is 1.72. The van der Waals surface area contributed by atoms with Gasteiger partial charge in [0.2, 0.25) is 0 Å². The van der Waals surface area contributed by atoms with Crippen molar-refractivity contribution >= 4 is 0 Å². The molecule has 0 aliphatic heterocycles. The van der Waals surface area contributed by atoms with E-state index in [0.29, 0.717) is 11.1 Å². The lowest BCUT2D eigenvalue weighted by molar-refractivity contribution is 0.150. The van der Waals surface area contributed by atoms with Crippen molar-refractivity contribution in [2.75, 3.05) is 0 Å². The van der Waals surface area contributed by atoms with E-state index in [9.17, 15) is 9.50 Å². The summed E-state index contributed by atoms with van der Waals surface area (Å²) >= 11 is 0. The summed E-state index contributed by atoms with van der Waals surface area (Å²) in [7, 11) is 0. The number of aryl methyl sites for hydroxylation is 1. The van der Waals surface area contributed by atoms with Crippen LogP contribution in [0.25, 0.3) is 0 Å². The smallest absolute Gasteiger partial charge is 0.252 e. The zero-order chi connectivity index (χ0) is 13.1. The fraction of sp³-hybridized carbons (Fsp3) is 0.250. The number of nitriles is 1. The molecule has 5 nitrogen and oxygen atoms in total. The second-order valence-electron chi connectivity index (χ2n) is 3.92. The first kappa shape index (κ1) is 12.2. The lowest BCUT2D eigenvalue weighted by atomic mass is 10.0. The van der Waals surface area contributed by atoms with E-state index in [-0.39, 0.29) is 18.2 Å². The molecule has 1 atom stereocenters. The van der Waals surface area contributed by atoms with Crippen LogP contribution in [0.15, 0.2) is 24.5 Å². The number of aliphatic hydroxyl groups is 1. The Morgan fingerprint density at radius 2 is 2.33 bits per heavy atom. The predicted octanol–water partition coefficient (Wildman–Crippen LogP) is 1.33. The van der Waals surface area contributed by atoms with Crippen LogP contribution in [0.4, 0.5) is 4.39 Å². The average molecular weight is 246 g/mol. The maximum absolute atomic E-state index is 12.9. The van der Waals surface area contributed by atoms with Gasteiger partial charge in [0, 0.05) is 0 Å². The molecular weight excluding hydrogens is 235 g/mol. The highest BCUT2D eigenvalue weighted by atomic mass is 19.1. The summed E-state index contributed by atoms with van der Waals surface area (Å²) in [6, 6.07) is 6.01. The van der Waals surface area contributed by atoms with Crippen LogP contribution >= 0.6 is 0 Å². The molecular formula is C12H11FN4O. The standard InChI is InChI=1S/C12H11FN4O/c1-8-4-9(13)2-3-10(8)11(18)6-17-7-15-12(5-14)16-17/h2-4,7,11,18H,6H2,1H3. The molecule has 1 heterocycles. The molecule has 0 bridgehead atoms. The van der Waals surface area contributed by atoms with Gasteiger partial charge in [-0.1, -0.05) is 6.07 Å². The van der Waals surface area contributed by atoms with Gasteiger partial charge in [0.1, 0.15) is 18.2 Å². The normalized spacial score (nSPS) is 12.1. The molecule has 1 unspecified atom stereocenters. The molecule has 1 aromatic carbocycles.